The molecule has 202 valence electrons. The summed E-state index contributed by atoms with van der Waals surface area (Å²) in [6.07, 6.45) is 9.27. The number of carbonyl (C=O) groups is 1. The van der Waals surface area contributed by atoms with Crippen molar-refractivity contribution in [3.63, 3.8) is 0 Å². The largest absolute Gasteiger partial charge is 0.370 e. The minimum atomic E-state index is -10.0. The van der Waals surface area contributed by atoms with Crippen molar-refractivity contribution in [1.29, 1.82) is 0 Å². The molecule has 1 aromatic carbocycles. The molecule has 37 heavy (non-hydrogen) atoms. The van der Waals surface area contributed by atoms with E-state index in [4.69, 9.17) is 5.10 Å². The number of carbonyl (C=O) groups excluding carboxylic acids is 1. The minimum Gasteiger partial charge on any atom is -0.370 e. The van der Waals surface area contributed by atoms with Gasteiger partial charge in [0.1, 0.15) is 5.69 Å². The lowest BCUT2D eigenvalue weighted by Crippen LogP contribution is -2.30. The highest BCUT2D eigenvalue weighted by atomic mass is 32.5. The number of halogens is 5. The average Bonchev–Trinajstić information content (AvgIpc) is 3.26. The number of amides is 1. The number of nitrogens with zero attached hydrogens (tertiary/aromatic N) is 4. The summed E-state index contributed by atoms with van der Waals surface area (Å²) in [6.45, 7) is 3.76. The third kappa shape index (κ3) is 5.68. The fourth-order valence-electron chi connectivity index (χ4n) is 5.21. The molecule has 0 unspecified atom stereocenters. The first-order valence-electron chi connectivity index (χ1n) is 12.6. The van der Waals surface area contributed by atoms with Crippen LogP contribution >= 0.6 is 10.2 Å². The van der Waals surface area contributed by atoms with E-state index in [0.717, 1.165) is 81.1 Å². The van der Waals surface area contributed by atoms with Crippen molar-refractivity contribution in [2.45, 2.75) is 62.9 Å². The highest BCUT2D eigenvalue weighted by Gasteiger charge is 2.67. The Morgan fingerprint density at radius 2 is 1.70 bits per heavy atom. The normalized spacial score (nSPS) is 22.9. The molecule has 1 aliphatic carbocycles. The van der Waals surface area contributed by atoms with E-state index >= 15 is 0 Å². The van der Waals surface area contributed by atoms with Crippen LogP contribution in [0.1, 0.15) is 68.4 Å². The molecule has 0 atom stereocenters. The van der Waals surface area contributed by atoms with Crippen LogP contribution in [0.2, 0.25) is 0 Å². The van der Waals surface area contributed by atoms with Gasteiger partial charge in [0, 0.05) is 24.7 Å². The van der Waals surface area contributed by atoms with Gasteiger partial charge in [-0.15, -0.1) is 0 Å². The minimum absolute atomic E-state index is 0.184. The summed E-state index contributed by atoms with van der Waals surface area (Å²) in [5.41, 5.74) is 1.11. The molecule has 2 fully saturated rings. The number of anilines is 2. The second-order valence-electron chi connectivity index (χ2n) is 10.3. The van der Waals surface area contributed by atoms with Crippen LogP contribution in [0.5, 0.6) is 0 Å². The Balaban J connectivity index is 1.49. The van der Waals surface area contributed by atoms with E-state index in [2.05, 4.69) is 22.1 Å². The number of hydrogen-bond acceptors (Lipinski definition) is 4. The molecule has 1 saturated heterocycles. The van der Waals surface area contributed by atoms with Crippen LogP contribution in [0.15, 0.2) is 41.6 Å². The fraction of sp³-hybridized carbons (Fsp3) is 0.480. The maximum Gasteiger partial charge on any atom is 0.325 e. The zero-order chi connectivity index (χ0) is 26.5. The molecule has 3 heterocycles. The van der Waals surface area contributed by atoms with E-state index in [-0.39, 0.29) is 6.07 Å². The molecule has 1 N–H and O–H groups in total. The second kappa shape index (κ2) is 8.57. The molecule has 0 bridgehead atoms. The first-order valence-corrected chi connectivity index (χ1v) is 14.5. The van der Waals surface area contributed by atoms with Crippen molar-refractivity contribution in [2.24, 2.45) is 5.92 Å². The smallest absolute Gasteiger partial charge is 0.325 e. The molecule has 6 nitrogen and oxygen atoms in total. The highest BCUT2D eigenvalue weighted by molar-refractivity contribution is 8.45. The summed E-state index contributed by atoms with van der Waals surface area (Å²) in [7, 11) is -10.0. The van der Waals surface area contributed by atoms with Crippen molar-refractivity contribution in [3.8, 4) is 0 Å². The number of aromatic nitrogens is 3. The van der Waals surface area contributed by atoms with Crippen LogP contribution in [0.25, 0.3) is 10.9 Å². The summed E-state index contributed by atoms with van der Waals surface area (Å²) >= 11 is 0. The van der Waals surface area contributed by atoms with E-state index in [1.54, 1.807) is 6.07 Å². The van der Waals surface area contributed by atoms with E-state index in [0.29, 0.717) is 23.3 Å². The molecule has 1 amide bonds. The van der Waals surface area contributed by atoms with Crippen LogP contribution < -0.4 is 10.2 Å². The zero-order valence-corrected chi connectivity index (χ0v) is 21.3. The van der Waals surface area contributed by atoms with Gasteiger partial charge in [-0.05, 0) is 75.1 Å². The Bertz CT molecular complexity index is 1330. The lowest BCUT2D eigenvalue weighted by atomic mass is 9.87. The molecule has 2 aliphatic rings. The van der Waals surface area contributed by atoms with Crippen molar-refractivity contribution in [1.82, 2.24) is 14.8 Å². The van der Waals surface area contributed by atoms with Gasteiger partial charge in [-0.2, -0.15) is 5.10 Å². The molecule has 0 radical (unpaired) electrons. The predicted octanol–water partition coefficient (Wildman–Crippen LogP) is 8.08. The molecule has 3 aromatic rings. The quantitative estimate of drug-likeness (QED) is 0.331. The van der Waals surface area contributed by atoms with Gasteiger partial charge in [-0.25, -0.2) is 4.98 Å². The Hall–Kier alpha value is -2.89. The van der Waals surface area contributed by atoms with Crippen molar-refractivity contribution in [3.05, 3.63) is 42.2 Å². The molecular formula is C25H30F5N5OS. The van der Waals surface area contributed by atoms with Gasteiger partial charge in [-0.3, -0.25) is 9.48 Å². The lowest BCUT2D eigenvalue weighted by Gasteiger charge is -2.39. The molecule has 0 spiro atoms. The molecular weight excluding hydrogens is 513 g/mol. The van der Waals surface area contributed by atoms with Crippen LogP contribution in [-0.4, -0.2) is 33.8 Å². The van der Waals surface area contributed by atoms with Gasteiger partial charge in [0.05, 0.1) is 22.9 Å². The number of hydrogen-bond donors (Lipinski definition) is 1. The summed E-state index contributed by atoms with van der Waals surface area (Å²) in [5, 5.41) is 5.89. The van der Waals surface area contributed by atoms with E-state index in [1.165, 1.54) is 0 Å². The van der Waals surface area contributed by atoms with Crippen LogP contribution in [-0.2, 0) is 0 Å². The highest BCUT2D eigenvalue weighted by Crippen LogP contribution is 3.01. The van der Waals surface area contributed by atoms with Gasteiger partial charge in [0.15, 0.2) is 5.03 Å². The summed E-state index contributed by atoms with van der Waals surface area (Å²) in [5.74, 6) is -0.296. The van der Waals surface area contributed by atoms with Crippen molar-refractivity contribution >= 4 is 38.4 Å². The average molecular weight is 544 g/mol. The lowest BCUT2D eigenvalue weighted by molar-refractivity contribution is 0.102. The van der Waals surface area contributed by atoms with Crippen LogP contribution in [0.3, 0.4) is 0 Å². The first-order chi connectivity index (χ1) is 17.3. The van der Waals surface area contributed by atoms with Crippen LogP contribution in [0.4, 0.5) is 30.8 Å². The monoisotopic (exact) mass is 543 g/mol. The first kappa shape index (κ1) is 25.7. The predicted molar refractivity (Wildman–Crippen MR) is 136 cm³/mol. The fourth-order valence-corrected chi connectivity index (χ4v) is 5.82. The van der Waals surface area contributed by atoms with E-state index in [9.17, 15) is 24.2 Å². The third-order valence-electron chi connectivity index (χ3n) is 7.30. The maximum absolute atomic E-state index is 13.3. The molecule has 2 aromatic heterocycles. The van der Waals surface area contributed by atoms with E-state index in [1.807, 2.05) is 16.9 Å². The zero-order valence-electron chi connectivity index (χ0n) is 20.5. The van der Waals surface area contributed by atoms with Crippen LogP contribution in [0, 0.1) is 5.92 Å². The molecule has 1 aliphatic heterocycles. The SMILES string of the molecule is CC1CCC(n2cc3cc(NC(=O)c4cccc(S(F)(F)(F)(F)F)n4)c(N4CCCCC4)cc3n2)CC1. The number of nitrogens with one attached hydrogen (secondary N) is 1. The number of benzene rings is 1. The number of piperidine rings is 1. The summed E-state index contributed by atoms with van der Waals surface area (Å²) in [4.78, 5) is 18.0. The Kier molecular flexibility index (Phi) is 5.96. The molecule has 1 saturated carbocycles. The number of fused-ring (bicyclic) bond motifs is 1. The van der Waals surface area contributed by atoms with Gasteiger partial charge in [0.25, 0.3) is 5.91 Å². The molecule has 5 rings (SSSR count). The van der Waals surface area contributed by atoms with Gasteiger partial charge < -0.3 is 10.2 Å². The number of pyridine rings is 1. The Morgan fingerprint density at radius 1 is 1.00 bits per heavy atom. The molecule has 12 heteroatoms. The number of rotatable bonds is 5. The van der Waals surface area contributed by atoms with Crippen molar-refractivity contribution < 1.29 is 24.2 Å². The van der Waals surface area contributed by atoms with Gasteiger partial charge in [0.2, 0.25) is 0 Å². The Morgan fingerprint density at radius 3 is 2.38 bits per heavy atom. The third-order valence-corrected chi connectivity index (χ3v) is 8.31. The summed E-state index contributed by atoms with van der Waals surface area (Å²) < 4.78 is 68.3. The van der Waals surface area contributed by atoms with Gasteiger partial charge >= 0.3 is 10.2 Å². The van der Waals surface area contributed by atoms with Gasteiger partial charge in [-0.1, -0.05) is 32.4 Å². The Labute approximate surface area is 212 Å². The second-order valence-corrected chi connectivity index (χ2v) is 12.6. The topological polar surface area (TPSA) is 63.1 Å². The standard InChI is InChI=1S/C25H30F5N5OS/c1-17-8-10-19(11-9-17)35-16-18-14-22(23(15-21(18)33-35)34-12-3-2-4-13-34)32-25(36)20-6-5-7-24(31-20)37(26,27,28,29)30/h5-7,14-17,19H,2-4,8-13H2,1H3,(H,32,36). The van der Waals surface area contributed by atoms with Crippen molar-refractivity contribution in [2.75, 3.05) is 23.3 Å². The van der Waals surface area contributed by atoms with E-state index < -0.39 is 26.9 Å². The summed E-state index contributed by atoms with van der Waals surface area (Å²) in [6, 6.07) is 5.86. The maximum atomic E-state index is 13.3.